The minimum absolute atomic E-state index is 0.0580. The molecule has 0 amide bonds. The van der Waals surface area contributed by atoms with Gasteiger partial charge in [0.1, 0.15) is 18.5 Å². The highest BCUT2D eigenvalue weighted by Crippen LogP contribution is 2.50. The number of pyridine rings is 2. The molecule has 0 saturated carbocycles. The van der Waals surface area contributed by atoms with Crippen LogP contribution >= 0.6 is 0 Å². The van der Waals surface area contributed by atoms with Crippen LogP contribution in [-0.2, 0) is 12.5 Å². The van der Waals surface area contributed by atoms with Crippen molar-refractivity contribution in [1.29, 1.82) is 0 Å². The van der Waals surface area contributed by atoms with Crippen molar-refractivity contribution in [3.05, 3.63) is 59.4 Å². The largest absolute Gasteiger partial charge is 0.455 e. The normalized spacial score (nSPS) is 12.9. The summed E-state index contributed by atoms with van der Waals surface area (Å²) in [6.07, 6.45) is 4.02. The van der Waals surface area contributed by atoms with Gasteiger partial charge in [-0.2, -0.15) is 0 Å². The van der Waals surface area contributed by atoms with Gasteiger partial charge in [-0.1, -0.05) is 26.8 Å². The summed E-state index contributed by atoms with van der Waals surface area (Å²) in [5, 5.41) is 3.61. The molecule has 4 aromatic rings. The zero-order valence-electron chi connectivity index (χ0n) is 17.3. The zero-order chi connectivity index (χ0) is 19.8. The van der Waals surface area contributed by atoms with Crippen LogP contribution in [0.2, 0.25) is 0 Å². The maximum absolute atomic E-state index is 6.61. The minimum Gasteiger partial charge on any atom is -0.455 e. The SMILES string of the molecule is Cc1c2c(c(C)c3ncccc13)Oc1cc(C(C)(C)C)cc3cc[n+](C)c-2c13. The highest BCUT2D eigenvalue weighted by molar-refractivity contribution is 6.06. The fourth-order valence-corrected chi connectivity index (χ4v) is 4.41. The maximum atomic E-state index is 6.61. The Morgan fingerprint density at radius 2 is 1.82 bits per heavy atom. The molecule has 0 N–H and O–H groups in total. The molecule has 0 spiro atoms. The van der Waals surface area contributed by atoms with Crippen LogP contribution in [0.25, 0.3) is 32.9 Å². The van der Waals surface area contributed by atoms with E-state index in [0.29, 0.717) is 0 Å². The summed E-state index contributed by atoms with van der Waals surface area (Å²) >= 11 is 0. The Morgan fingerprint density at radius 3 is 2.57 bits per heavy atom. The molecule has 0 bridgehead atoms. The van der Waals surface area contributed by atoms with E-state index >= 15 is 0 Å². The first-order valence-electron chi connectivity index (χ1n) is 9.80. The molecule has 3 nitrogen and oxygen atoms in total. The van der Waals surface area contributed by atoms with Gasteiger partial charge in [0, 0.05) is 23.2 Å². The molecule has 2 aromatic carbocycles. The predicted octanol–water partition coefficient (Wildman–Crippen LogP) is 5.90. The van der Waals surface area contributed by atoms with Crippen molar-refractivity contribution in [3.8, 4) is 22.8 Å². The zero-order valence-corrected chi connectivity index (χ0v) is 17.3. The number of aromatic nitrogens is 2. The lowest BCUT2D eigenvalue weighted by Gasteiger charge is -2.26. The topological polar surface area (TPSA) is 26.0 Å². The van der Waals surface area contributed by atoms with E-state index in [4.69, 9.17) is 4.74 Å². The first kappa shape index (κ1) is 17.2. The van der Waals surface area contributed by atoms with Crippen LogP contribution in [0.5, 0.6) is 11.5 Å². The minimum atomic E-state index is 0.0580. The predicted molar refractivity (Wildman–Crippen MR) is 114 cm³/mol. The number of aryl methyl sites for hydroxylation is 3. The number of nitrogens with zero attached hydrogens (tertiary/aromatic N) is 2. The Balaban J connectivity index is 1.97. The third kappa shape index (κ3) is 2.22. The average molecular weight is 369 g/mol. The molecule has 28 heavy (non-hydrogen) atoms. The van der Waals surface area contributed by atoms with Crippen LogP contribution in [0.15, 0.2) is 42.7 Å². The van der Waals surface area contributed by atoms with Gasteiger partial charge in [0.05, 0.1) is 16.5 Å². The smallest absolute Gasteiger partial charge is 0.228 e. The maximum Gasteiger partial charge on any atom is 0.228 e. The molecule has 1 aliphatic heterocycles. The summed E-state index contributed by atoms with van der Waals surface area (Å²) in [6, 6.07) is 10.9. The van der Waals surface area contributed by atoms with E-state index in [9.17, 15) is 0 Å². The molecule has 0 aliphatic carbocycles. The Kier molecular flexibility index (Phi) is 3.40. The Labute approximate surface area is 165 Å². The number of hydrogen-bond acceptors (Lipinski definition) is 2. The van der Waals surface area contributed by atoms with Gasteiger partial charge in [-0.15, -0.1) is 0 Å². The van der Waals surface area contributed by atoms with Crippen LogP contribution < -0.4 is 9.30 Å². The van der Waals surface area contributed by atoms with Crippen LogP contribution in [0.4, 0.5) is 0 Å². The highest BCUT2D eigenvalue weighted by atomic mass is 16.5. The van der Waals surface area contributed by atoms with Gasteiger partial charge in [0.15, 0.2) is 6.20 Å². The molecule has 2 aromatic heterocycles. The number of fused-ring (bicyclic) bond motifs is 3. The molecule has 5 rings (SSSR count). The van der Waals surface area contributed by atoms with E-state index in [1.807, 2.05) is 12.3 Å². The van der Waals surface area contributed by atoms with Gasteiger partial charge < -0.3 is 4.74 Å². The second-order valence-corrected chi connectivity index (χ2v) is 8.92. The summed E-state index contributed by atoms with van der Waals surface area (Å²) in [5.74, 6) is 1.88. The lowest BCUT2D eigenvalue weighted by Crippen LogP contribution is -2.32. The molecule has 0 fully saturated rings. The van der Waals surface area contributed by atoms with Gasteiger partial charge in [-0.05, 0) is 54.0 Å². The van der Waals surface area contributed by atoms with Crippen LogP contribution in [0, 0.1) is 13.8 Å². The van der Waals surface area contributed by atoms with Crippen LogP contribution in [0.1, 0.15) is 37.5 Å². The van der Waals surface area contributed by atoms with E-state index in [0.717, 1.165) is 22.6 Å². The lowest BCUT2D eigenvalue weighted by molar-refractivity contribution is -0.659. The first-order valence-corrected chi connectivity index (χ1v) is 9.80. The number of rotatable bonds is 0. The van der Waals surface area contributed by atoms with Crippen molar-refractivity contribution < 1.29 is 9.30 Å². The van der Waals surface area contributed by atoms with E-state index in [1.165, 1.54) is 38.5 Å². The summed E-state index contributed by atoms with van der Waals surface area (Å²) in [4.78, 5) is 4.65. The quantitative estimate of drug-likeness (QED) is 0.318. The fourth-order valence-electron chi connectivity index (χ4n) is 4.41. The van der Waals surface area contributed by atoms with Crippen molar-refractivity contribution in [2.45, 2.75) is 40.0 Å². The second-order valence-electron chi connectivity index (χ2n) is 8.92. The lowest BCUT2D eigenvalue weighted by atomic mass is 9.84. The van der Waals surface area contributed by atoms with Gasteiger partial charge in [0.2, 0.25) is 5.69 Å². The molecule has 3 heterocycles. The highest BCUT2D eigenvalue weighted by Gasteiger charge is 2.33. The standard InChI is InChI=1S/C25H25N2O/c1-14-18-8-7-10-26-22(18)15(2)24-20(14)23-21-16(9-11-27(23)6)12-17(25(3,4)5)13-19(21)28-24/h7-13H,1-6H3/q+1. The monoisotopic (exact) mass is 369 g/mol. The molecular formula is C25H25N2O+. The van der Waals surface area contributed by atoms with Crippen LogP contribution in [0.3, 0.4) is 0 Å². The van der Waals surface area contributed by atoms with Gasteiger partial charge >= 0.3 is 0 Å². The van der Waals surface area contributed by atoms with Crippen molar-refractivity contribution in [3.63, 3.8) is 0 Å². The molecule has 0 saturated heterocycles. The Bertz CT molecular complexity index is 1300. The summed E-state index contributed by atoms with van der Waals surface area (Å²) in [5.41, 5.74) is 7.08. The van der Waals surface area contributed by atoms with E-state index in [1.54, 1.807) is 0 Å². The molecule has 3 heteroatoms. The van der Waals surface area contributed by atoms with Crippen molar-refractivity contribution >= 4 is 21.7 Å². The molecule has 140 valence electrons. The third-order valence-electron chi connectivity index (χ3n) is 6.02. The summed E-state index contributed by atoms with van der Waals surface area (Å²) in [7, 11) is 2.12. The van der Waals surface area contributed by atoms with Crippen molar-refractivity contribution in [1.82, 2.24) is 4.98 Å². The number of hydrogen-bond donors (Lipinski definition) is 0. The molecule has 1 aliphatic rings. The van der Waals surface area contributed by atoms with E-state index in [2.05, 4.69) is 81.7 Å². The van der Waals surface area contributed by atoms with Crippen molar-refractivity contribution in [2.24, 2.45) is 7.05 Å². The molecule has 0 atom stereocenters. The van der Waals surface area contributed by atoms with E-state index in [-0.39, 0.29) is 5.41 Å². The molecular weight excluding hydrogens is 344 g/mol. The Morgan fingerprint density at radius 1 is 1.04 bits per heavy atom. The van der Waals surface area contributed by atoms with Gasteiger partial charge in [-0.25, -0.2) is 4.57 Å². The van der Waals surface area contributed by atoms with Gasteiger partial charge in [-0.3, -0.25) is 4.98 Å². The average Bonchev–Trinajstić information content (AvgIpc) is 2.67. The number of ether oxygens (including phenoxy) is 1. The van der Waals surface area contributed by atoms with E-state index < -0.39 is 0 Å². The number of benzene rings is 2. The third-order valence-corrected chi connectivity index (χ3v) is 6.02. The summed E-state index contributed by atoms with van der Waals surface area (Å²) < 4.78 is 8.83. The van der Waals surface area contributed by atoms with Crippen molar-refractivity contribution in [2.75, 3.05) is 0 Å². The molecule has 0 unspecified atom stereocenters. The van der Waals surface area contributed by atoms with Crippen LogP contribution in [-0.4, -0.2) is 4.98 Å². The fraction of sp³-hybridized carbons (Fsp3) is 0.280. The summed E-state index contributed by atoms with van der Waals surface area (Å²) in [6.45, 7) is 11.0. The van der Waals surface area contributed by atoms with Gasteiger partial charge in [0.25, 0.3) is 0 Å². The Hall–Kier alpha value is -2.94. The second kappa shape index (κ2) is 5.54. The first-order chi connectivity index (χ1) is 13.3. The molecule has 0 radical (unpaired) electrons.